The molecular formula is C21H26N2O5S. The molecule has 0 spiro atoms. The Morgan fingerprint density at radius 2 is 1.69 bits per heavy atom. The van der Waals surface area contributed by atoms with Gasteiger partial charge in [-0.25, -0.2) is 13.2 Å². The fraction of sp³-hybridized carbons (Fsp3) is 0.429. The maximum absolute atomic E-state index is 12.5. The number of Topliss-reactive ketones (excluding diaryl/α,β-unsaturated/α-hetero) is 1. The van der Waals surface area contributed by atoms with Gasteiger partial charge in [-0.2, -0.15) is 4.31 Å². The number of hydrogen-bond donors (Lipinski definition) is 0. The van der Waals surface area contributed by atoms with Crippen molar-refractivity contribution in [3.63, 3.8) is 0 Å². The van der Waals surface area contributed by atoms with Crippen molar-refractivity contribution in [1.29, 1.82) is 0 Å². The highest BCUT2D eigenvalue weighted by Gasteiger charge is 2.27. The second-order valence-corrected chi connectivity index (χ2v) is 9.10. The highest BCUT2D eigenvalue weighted by Crippen LogP contribution is 2.21. The van der Waals surface area contributed by atoms with Crippen LogP contribution in [0.3, 0.4) is 0 Å². The van der Waals surface area contributed by atoms with Crippen LogP contribution in [-0.4, -0.2) is 48.7 Å². The number of carbonyl (C=O) groups excluding carboxylic acids is 2. The zero-order chi connectivity index (χ0) is 21.2. The number of ether oxygens (including phenoxy) is 1. The van der Waals surface area contributed by atoms with Crippen LogP contribution >= 0.6 is 0 Å². The number of hydrogen-bond acceptors (Lipinski definition) is 5. The topological polar surface area (TPSA) is 85.7 Å². The number of ketones is 1. The first-order valence-electron chi connectivity index (χ1n) is 9.73. The molecule has 2 heterocycles. The van der Waals surface area contributed by atoms with Crippen LogP contribution in [0.1, 0.15) is 51.9 Å². The van der Waals surface area contributed by atoms with Crippen molar-refractivity contribution in [2.75, 3.05) is 19.7 Å². The van der Waals surface area contributed by atoms with E-state index in [0.29, 0.717) is 18.7 Å². The minimum atomic E-state index is -3.53. The van der Waals surface area contributed by atoms with E-state index in [1.807, 2.05) is 25.3 Å². The molecule has 1 aromatic carbocycles. The molecule has 0 saturated carbocycles. The summed E-state index contributed by atoms with van der Waals surface area (Å²) in [4.78, 5) is 24.9. The standard InChI is InChI=1S/C21H26N2O5S/c1-4-23-15(2)13-19(16(23)3)20(24)14-28-21(25)17-7-9-18(10-8-17)29(26,27)22-11-5-6-12-22/h7-10,13H,4-6,11-12,14H2,1-3H3. The number of aromatic nitrogens is 1. The zero-order valence-electron chi connectivity index (χ0n) is 17.0. The van der Waals surface area contributed by atoms with Crippen LogP contribution in [-0.2, 0) is 21.3 Å². The molecule has 1 fully saturated rings. The molecule has 0 unspecified atom stereocenters. The molecule has 1 aromatic heterocycles. The van der Waals surface area contributed by atoms with E-state index < -0.39 is 16.0 Å². The van der Waals surface area contributed by atoms with E-state index in [9.17, 15) is 18.0 Å². The van der Waals surface area contributed by atoms with Crippen LogP contribution in [0.5, 0.6) is 0 Å². The van der Waals surface area contributed by atoms with E-state index in [1.54, 1.807) is 6.07 Å². The number of aryl methyl sites for hydroxylation is 1. The highest BCUT2D eigenvalue weighted by molar-refractivity contribution is 7.89. The first-order valence-corrected chi connectivity index (χ1v) is 11.2. The minimum Gasteiger partial charge on any atom is -0.454 e. The summed E-state index contributed by atoms with van der Waals surface area (Å²) in [7, 11) is -3.53. The molecule has 0 aliphatic carbocycles. The first kappa shape index (κ1) is 21.3. The molecule has 0 N–H and O–H groups in total. The molecule has 3 rings (SSSR count). The normalized spacial score (nSPS) is 14.9. The Kier molecular flexibility index (Phi) is 6.24. The number of benzene rings is 1. The Morgan fingerprint density at radius 1 is 1.07 bits per heavy atom. The summed E-state index contributed by atoms with van der Waals surface area (Å²) >= 11 is 0. The lowest BCUT2D eigenvalue weighted by Gasteiger charge is -2.15. The van der Waals surface area contributed by atoms with Crippen molar-refractivity contribution >= 4 is 21.8 Å². The third-order valence-corrected chi connectivity index (χ3v) is 7.23. The lowest BCUT2D eigenvalue weighted by Crippen LogP contribution is -2.27. The Balaban J connectivity index is 1.65. The van der Waals surface area contributed by atoms with Gasteiger partial charge in [0.15, 0.2) is 6.61 Å². The second kappa shape index (κ2) is 8.51. The molecule has 29 heavy (non-hydrogen) atoms. The Hall–Kier alpha value is -2.45. The summed E-state index contributed by atoms with van der Waals surface area (Å²) < 4.78 is 33.7. The van der Waals surface area contributed by atoms with Crippen molar-refractivity contribution in [3.05, 3.63) is 52.8 Å². The average molecular weight is 419 g/mol. The molecule has 2 aromatic rings. The minimum absolute atomic E-state index is 0.152. The summed E-state index contributed by atoms with van der Waals surface area (Å²) in [6, 6.07) is 7.44. The molecule has 156 valence electrons. The van der Waals surface area contributed by atoms with E-state index in [4.69, 9.17) is 4.74 Å². The number of esters is 1. The SMILES string of the molecule is CCn1c(C)cc(C(=O)COC(=O)c2ccc(S(=O)(=O)N3CCCC3)cc2)c1C. The molecule has 7 nitrogen and oxygen atoms in total. The van der Waals surface area contributed by atoms with Gasteiger partial charge in [0.05, 0.1) is 10.5 Å². The lowest BCUT2D eigenvalue weighted by atomic mass is 10.1. The van der Waals surface area contributed by atoms with Gasteiger partial charge in [-0.05, 0) is 63.9 Å². The van der Waals surface area contributed by atoms with Gasteiger partial charge in [0, 0.05) is 36.6 Å². The van der Waals surface area contributed by atoms with E-state index >= 15 is 0 Å². The summed E-state index contributed by atoms with van der Waals surface area (Å²) in [6.45, 7) is 7.24. The van der Waals surface area contributed by atoms with Crippen molar-refractivity contribution in [2.24, 2.45) is 0 Å². The van der Waals surface area contributed by atoms with Crippen LogP contribution < -0.4 is 0 Å². The zero-order valence-corrected chi connectivity index (χ0v) is 17.8. The maximum atomic E-state index is 12.5. The Bertz CT molecular complexity index is 1020. The number of sulfonamides is 1. The van der Waals surface area contributed by atoms with Crippen molar-refractivity contribution in [2.45, 2.75) is 45.1 Å². The third kappa shape index (κ3) is 4.28. The predicted molar refractivity (Wildman–Crippen MR) is 109 cm³/mol. The number of carbonyl (C=O) groups is 2. The fourth-order valence-electron chi connectivity index (χ4n) is 3.70. The monoisotopic (exact) mass is 418 g/mol. The molecule has 8 heteroatoms. The van der Waals surface area contributed by atoms with E-state index in [-0.39, 0.29) is 22.8 Å². The molecule has 1 aliphatic heterocycles. The number of nitrogens with zero attached hydrogens (tertiary/aromatic N) is 2. The molecule has 0 bridgehead atoms. The largest absolute Gasteiger partial charge is 0.454 e. The predicted octanol–water partition coefficient (Wildman–Crippen LogP) is 2.95. The van der Waals surface area contributed by atoms with Crippen LogP contribution in [0, 0.1) is 13.8 Å². The van der Waals surface area contributed by atoms with E-state index in [0.717, 1.165) is 30.8 Å². The van der Waals surface area contributed by atoms with Crippen LogP contribution in [0.25, 0.3) is 0 Å². The first-order chi connectivity index (χ1) is 13.8. The lowest BCUT2D eigenvalue weighted by molar-refractivity contribution is 0.0474. The summed E-state index contributed by atoms with van der Waals surface area (Å²) in [5.41, 5.74) is 2.58. The third-order valence-electron chi connectivity index (χ3n) is 5.32. The Labute approximate surface area is 171 Å². The Morgan fingerprint density at radius 3 is 2.24 bits per heavy atom. The molecule has 1 saturated heterocycles. The molecule has 0 amide bonds. The van der Waals surface area contributed by atoms with Crippen LogP contribution in [0.4, 0.5) is 0 Å². The van der Waals surface area contributed by atoms with Crippen LogP contribution in [0.2, 0.25) is 0 Å². The summed E-state index contributed by atoms with van der Waals surface area (Å²) in [5.74, 6) is -0.924. The van der Waals surface area contributed by atoms with Crippen molar-refractivity contribution in [1.82, 2.24) is 8.87 Å². The molecule has 0 radical (unpaired) electrons. The van der Waals surface area contributed by atoms with Crippen molar-refractivity contribution < 1.29 is 22.7 Å². The second-order valence-electron chi connectivity index (χ2n) is 7.16. The quantitative estimate of drug-likeness (QED) is 0.510. The number of rotatable bonds is 7. The highest BCUT2D eigenvalue weighted by atomic mass is 32.2. The van der Waals surface area contributed by atoms with Gasteiger partial charge in [0.1, 0.15) is 0 Å². The van der Waals surface area contributed by atoms with Gasteiger partial charge in [-0.15, -0.1) is 0 Å². The van der Waals surface area contributed by atoms with Gasteiger partial charge in [0.25, 0.3) is 0 Å². The van der Waals surface area contributed by atoms with Gasteiger partial charge in [0.2, 0.25) is 15.8 Å². The smallest absolute Gasteiger partial charge is 0.338 e. The molecular weight excluding hydrogens is 392 g/mol. The van der Waals surface area contributed by atoms with Gasteiger partial charge >= 0.3 is 5.97 Å². The van der Waals surface area contributed by atoms with Crippen molar-refractivity contribution in [3.8, 4) is 0 Å². The maximum Gasteiger partial charge on any atom is 0.338 e. The summed E-state index contributed by atoms with van der Waals surface area (Å²) in [5, 5.41) is 0. The summed E-state index contributed by atoms with van der Waals surface area (Å²) in [6.07, 6.45) is 1.72. The van der Waals surface area contributed by atoms with E-state index in [1.165, 1.54) is 28.6 Å². The van der Waals surface area contributed by atoms with E-state index in [2.05, 4.69) is 0 Å². The van der Waals surface area contributed by atoms with Gasteiger partial charge in [-0.3, -0.25) is 4.79 Å². The average Bonchev–Trinajstić information content (AvgIpc) is 3.34. The molecule has 0 atom stereocenters. The fourth-order valence-corrected chi connectivity index (χ4v) is 5.22. The van der Waals surface area contributed by atoms with Gasteiger partial charge in [-0.1, -0.05) is 0 Å². The molecule has 1 aliphatic rings. The van der Waals surface area contributed by atoms with Crippen LogP contribution in [0.15, 0.2) is 35.2 Å². The van der Waals surface area contributed by atoms with Gasteiger partial charge < -0.3 is 9.30 Å².